The molecular weight excluding hydrogens is 398 g/mol. The maximum Gasteiger partial charge on any atom is 0.271 e. The van der Waals surface area contributed by atoms with Crippen LogP contribution < -0.4 is 14.2 Å². The molecule has 0 spiro atoms. The van der Waals surface area contributed by atoms with Crippen LogP contribution in [0.3, 0.4) is 0 Å². The summed E-state index contributed by atoms with van der Waals surface area (Å²) in [7, 11) is 4.54. The van der Waals surface area contributed by atoms with Crippen LogP contribution in [0, 0.1) is 10.1 Å². The van der Waals surface area contributed by atoms with Crippen molar-refractivity contribution in [2.45, 2.75) is 16.8 Å². The van der Waals surface area contributed by atoms with Crippen LogP contribution in [0.2, 0.25) is 0 Å². The largest absolute Gasteiger partial charge is 0.493 e. The van der Waals surface area contributed by atoms with Crippen LogP contribution in [0.5, 0.6) is 17.2 Å². The van der Waals surface area contributed by atoms with E-state index in [0.29, 0.717) is 45.4 Å². The van der Waals surface area contributed by atoms with Crippen LogP contribution in [0.15, 0.2) is 29.4 Å². The number of nitrogens with one attached hydrogen (secondary N) is 1. The molecule has 0 fully saturated rings. The molecule has 9 nitrogen and oxygen atoms in total. The molecule has 4 rings (SSSR count). The van der Waals surface area contributed by atoms with Gasteiger partial charge < -0.3 is 19.2 Å². The third kappa shape index (κ3) is 3.15. The summed E-state index contributed by atoms with van der Waals surface area (Å²) >= 11 is 1.28. The number of rotatable bonds is 6. The normalized spacial score (nSPS) is 15.4. The van der Waals surface area contributed by atoms with Crippen molar-refractivity contribution in [3.63, 3.8) is 0 Å². The summed E-state index contributed by atoms with van der Waals surface area (Å²) in [6.07, 6.45) is 0.444. The number of aromatic nitrogens is 2. The van der Waals surface area contributed by atoms with Crippen molar-refractivity contribution in [3.05, 3.63) is 45.5 Å². The Bertz CT molecular complexity index is 1140. The van der Waals surface area contributed by atoms with Gasteiger partial charge in [0.15, 0.2) is 22.4 Å². The van der Waals surface area contributed by atoms with Crippen molar-refractivity contribution >= 4 is 34.3 Å². The third-order valence-electron chi connectivity index (χ3n) is 4.79. The number of carbonyl (C=O) groups is 1. The summed E-state index contributed by atoms with van der Waals surface area (Å²) in [4.78, 5) is 31.0. The average molecular weight is 415 g/mol. The molecule has 29 heavy (non-hydrogen) atoms. The summed E-state index contributed by atoms with van der Waals surface area (Å²) in [5.41, 5.74) is 2.42. The average Bonchev–Trinajstić information content (AvgIpc) is 3.26. The Labute approximate surface area is 169 Å². The van der Waals surface area contributed by atoms with Crippen molar-refractivity contribution < 1.29 is 23.9 Å². The number of ether oxygens (including phenoxy) is 3. The number of methoxy groups -OCH3 is 3. The second-order valence-electron chi connectivity index (χ2n) is 6.35. The monoisotopic (exact) mass is 415 g/mol. The number of H-pyrrole nitrogens is 1. The topological polar surface area (TPSA) is 117 Å². The molecule has 2 aromatic carbocycles. The molecule has 0 bridgehead atoms. The quantitative estimate of drug-likeness (QED) is 0.481. The molecule has 0 saturated heterocycles. The van der Waals surface area contributed by atoms with Gasteiger partial charge in [0.05, 0.1) is 42.5 Å². The Morgan fingerprint density at radius 1 is 1.17 bits per heavy atom. The highest BCUT2D eigenvalue weighted by Gasteiger charge is 2.37. The van der Waals surface area contributed by atoms with E-state index in [-0.39, 0.29) is 11.5 Å². The smallest absolute Gasteiger partial charge is 0.271 e. The standard InChI is InChI=1S/C19H17N3O6S/c1-26-14-7-10-11(17(27-2)18(14)28-3)8-15(16(10)23)29-19-20-12-5-4-9(22(24)25)6-13(12)21-19/h4-7,15H,8H2,1-3H3,(H,20,21). The van der Waals surface area contributed by atoms with E-state index < -0.39 is 10.2 Å². The minimum Gasteiger partial charge on any atom is -0.493 e. The number of hydrogen-bond acceptors (Lipinski definition) is 8. The first kappa shape index (κ1) is 19.1. The van der Waals surface area contributed by atoms with E-state index in [1.165, 1.54) is 45.2 Å². The summed E-state index contributed by atoms with van der Waals surface area (Å²) < 4.78 is 16.2. The molecule has 3 aromatic rings. The van der Waals surface area contributed by atoms with Crippen molar-refractivity contribution in [2.75, 3.05) is 21.3 Å². The Balaban J connectivity index is 1.66. The molecule has 0 amide bonds. The van der Waals surface area contributed by atoms with Crippen LogP contribution >= 0.6 is 11.8 Å². The van der Waals surface area contributed by atoms with Crippen molar-refractivity contribution in [1.82, 2.24) is 9.97 Å². The van der Waals surface area contributed by atoms with Gasteiger partial charge in [-0.05, 0) is 18.6 Å². The van der Waals surface area contributed by atoms with Crippen molar-refractivity contribution in [3.8, 4) is 17.2 Å². The molecule has 1 heterocycles. The molecule has 0 aliphatic heterocycles. The second-order valence-corrected chi connectivity index (χ2v) is 7.54. The molecule has 150 valence electrons. The van der Waals surface area contributed by atoms with E-state index in [0.717, 1.165) is 5.56 Å². The van der Waals surface area contributed by atoms with Crippen LogP contribution in [0.25, 0.3) is 11.0 Å². The molecule has 1 atom stereocenters. The molecular formula is C19H17N3O6S. The van der Waals surface area contributed by atoms with Gasteiger partial charge in [-0.25, -0.2) is 4.98 Å². The number of hydrogen-bond donors (Lipinski definition) is 1. The van der Waals surface area contributed by atoms with E-state index >= 15 is 0 Å². The maximum absolute atomic E-state index is 13.0. The zero-order chi connectivity index (χ0) is 20.7. The molecule has 0 saturated carbocycles. The highest BCUT2D eigenvalue weighted by atomic mass is 32.2. The number of nitrogens with zero attached hydrogens (tertiary/aromatic N) is 2. The Morgan fingerprint density at radius 3 is 2.59 bits per heavy atom. The van der Waals surface area contributed by atoms with E-state index in [1.54, 1.807) is 12.1 Å². The van der Waals surface area contributed by atoms with Gasteiger partial charge in [0.1, 0.15) is 0 Å². The van der Waals surface area contributed by atoms with E-state index in [4.69, 9.17) is 14.2 Å². The van der Waals surface area contributed by atoms with Gasteiger partial charge in [0.2, 0.25) is 5.75 Å². The number of carbonyl (C=O) groups excluding carboxylic acids is 1. The molecule has 1 aliphatic rings. The van der Waals surface area contributed by atoms with Crippen LogP contribution in [-0.4, -0.2) is 47.3 Å². The second kappa shape index (κ2) is 7.28. The van der Waals surface area contributed by atoms with Gasteiger partial charge >= 0.3 is 0 Å². The lowest BCUT2D eigenvalue weighted by atomic mass is 10.1. The predicted octanol–water partition coefficient (Wildman–Crippen LogP) is 3.40. The minimum atomic E-state index is -0.461. The Hall–Kier alpha value is -3.27. The molecule has 1 aliphatic carbocycles. The first-order chi connectivity index (χ1) is 14.0. The molecule has 1 aromatic heterocycles. The van der Waals surface area contributed by atoms with Gasteiger partial charge in [0, 0.05) is 23.3 Å². The SMILES string of the molecule is COc1cc2c(c(OC)c1OC)CC(Sc1nc3ccc([N+](=O)[O-])cc3[nH]1)C2=O. The van der Waals surface area contributed by atoms with Crippen LogP contribution in [0.1, 0.15) is 15.9 Å². The summed E-state index contributed by atoms with van der Waals surface area (Å²) in [5, 5.41) is 11.1. The number of ketones is 1. The fourth-order valence-electron chi connectivity index (χ4n) is 3.46. The zero-order valence-corrected chi connectivity index (χ0v) is 16.7. The van der Waals surface area contributed by atoms with Crippen molar-refractivity contribution in [2.24, 2.45) is 0 Å². The predicted molar refractivity (Wildman–Crippen MR) is 107 cm³/mol. The number of imidazole rings is 1. The number of Topliss-reactive ketones (excluding diaryl/α,β-unsaturated/α-hetero) is 1. The van der Waals surface area contributed by atoms with Crippen molar-refractivity contribution in [1.29, 1.82) is 0 Å². The zero-order valence-electron chi connectivity index (χ0n) is 15.8. The molecule has 1 unspecified atom stereocenters. The van der Waals surface area contributed by atoms with Gasteiger partial charge in [-0.2, -0.15) is 0 Å². The Morgan fingerprint density at radius 2 is 1.93 bits per heavy atom. The molecule has 10 heteroatoms. The van der Waals surface area contributed by atoms with E-state index in [2.05, 4.69) is 9.97 Å². The van der Waals surface area contributed by atoms with E-state index in [1.807, 2.05) is 0 Å². The summed E-state index contributed by atoms with van der Waals surface area (Å²) in [6.45, 7) is 0. The maximum atomic E-state index is 13.0. The number of thioether (sulfide) groups is 1. The lowest BCUT2D eigenvalue weighted by Crippen LogP contribution is -2.11. The number of nitro benzene ring substituents is 1. The fraction of sp³-hybridized carbons (Fsp3) is 0.263. The van der Waals surface area contributed by atoms with Gasteiger partial charge in [0.25, 0.3) is 5.69 Å². The van der Waals surface area contributed by atoms with Gasteiger partial charge in [-0.3, -0.25) is 14.9 Å². The molecule has 1 N–H and O–H groups in total. The number of non-ortho nitro benzene ring substituents is 1. The fourth-order valence-corrected chi connectivity index (χ4v) is 4.54. The van der Waals surface area contributed by atoms with E-state index in [9.17, 15) is 14.9 Å². The number of fused-ring (bicyclic) bond motifs is 2. The number of nitro groups is 1. The highest BCUT2D eigenvalue weighted by Crippen LogP contribution is 2.47. The van der Waals surface area contributed by atoms with Gasteiger partial charge in [-0.1, -0.05) is 11.8 Å². The third-order valence-corrected chi connectivity index (χ3v) is 5.87. The first-order valence-electron chi connectivity index (χ1n) is 8.63. The summed E-state index contributed by atoms with van der Waals surface area (Å²) in [5.74, 6) is 1.30. The first-order valence-corrected chi connectivity index (χ1v) is 9.51. The minimum absolute atomic E-state index is 0.0222. The van der Waals surface area contributed by atoms with Crippen LogP contribution in [0.4, 0.5) is 5.69 Å². The van der Waals surface area contributed by atoms with Crippen LogP contribution in [-0.2, 0) is 6.42 Å². The summed E-state index contributed by atoms with van der Waals surface area (Å²) in [6, 6.07) is 6.08. The number of aromatic amines is 1. The molecule has 0 radical (unpaired) electrons. The lowest BCUT2D eigenvalue weighted by molar-refractivity contribution is -0.384. The Kier molecular flexibility index (Phi) is 4.79. The number of benzene rings is 2. The van der Waals surface area contributed by atoms with Gasteiger partial charge in [-0.15, -0.1) is 0 Å². The highest BCUT2D eigenvalue weighted by molar-refractivity contribution is 8.00. The lowest BCUT2D eigenvalue weighted by Gasteiger charge is -2.15.